The van der Waals surface area contributed by atoms with Crippen molar-refractivity contribution in [3.8, 4) is 5.75 Å². The maximum atomic E-state index is 12.5. The molecule has 2 aromatic carbocycles. The number of nitrogens with one attached hydrogen (secondary N) is 2. The van der Waals surface area contributed by atoms with Crippen LogP contribution in [0.2, 0.25) is 0 Å². The molecular weight excluding hydrogens is 352 g/mol. The Balaban J connectivity index is 2.08. The average molecular weight is 376 g/mol. The smallest absolute Gasteiger partial charge is 0.242 e. The second kappa shape index (κ2) is 8.33. The molecule has 0 bridgehead atoms. The minimum Gasteiger partial charge on any atom is -0.494 e. The average Bonchev–Trinajstić information content (AvgIpc) is 2.58. The minimum absolute atomic E-state index is 0.0762. The number of sulfonamides is 1. The summed E-state index contributed by atoms with van der Waals surface area (Å²) in [4.78, 5) is 12.4. The molecule has 0 saturated carbocycles. The number of aryl methyl sites for hydroxylation is 2. The van der Waals surface area contributed by atoms with Gasteiger partial charge in [0, 0.05) is 5.69 Å². The van der Waals surface area contributed by atoms with Crippen LogP contribution in [0, 0.1) is 13.8 Å². The van der Waals surface area contributed by atoms with Crippen LogP contribution in [0.1, 0.15) is 25.0 Å². The first-order valence-electron chi connectivity index (χ1n) is 8.36. The van der Waals surface area contributed by atoms with Gasteiger partial charge in [-0.25, -0.2) is 8.42 Å². The lowest BCUT2D eigenvalue weighted by Crippen LogP contribution is -2.41. The molecule has 7 heteroatoms. The van der Waals surface area contributed by atoms with Crippen LogP contribution in [0.15, 0.2) is 47.4 Å². The van der Waals surface area contributed by atoms with Gasteiger partial charge in [0.2, 0.25) is 15.9 Å². The summed E-state index contributed by atoms with van der Waals surface area (Å²) in [5, 5.41) is 2.76. The molecule has 0 unspecified atom stereocenters. The van der Waals surface area contributed by atoms with Crippen molar-refractivity contribution in [2.24, 2.45) is 0 Å². The molecule has 2 rings (SSSR count). The first-order valence-corrected chi connectivity index (χ1v) is 9.84. The summed E-state index contributed by atoms with van der Waals surface area (Å²) in [5.41, 5.74) is 2.58. The largest absolute Gasteiger partial charge is 0.494 e. The molecule has 2 N–H and O–H groups in total. The number of anilines is 1. The van der Waals surface area contributed by atoms with Crippen molar-refractivity contribution in [2.75, 3.05) is 11.9 Å². The molecule has 0 aliphatic heterocycles. The van der Waals surface area contributed by atoms with E-state index in [2.05, 4.69) is 10.0 Å². The molecule has 0 aromatic heterocycles. The van der Waals surface area contributed by atoms with Gasteiger partial charge in [0.1, 0.15) is 5.75 Å². The van der Waals surface area contributed by atoms with Crippen LogP contribution < -0.4 is 14.8 Å². The summed E-state index contributed by atoms with van der Waals surface area (Å²) in [7, 11) is -3.81. The molecule has 0 aliphatic rings. The topological polar surface area (TPSA) is 84.5 Å². The molecule has 0 spiro atoms. The molecule has 140 valence electrons. The van der Waals surface area contributed by atoms with E-state index >= 15 is 0 Å². The number of amides is 1. The SMILES string of the molecule is CCOc1ccc(S(=O)(=O)N[C@@H](C)C(=O)Nc2cc(C)ccc2C)cc1. The van der Waals surface area contributed by atoms with Gasteiger partial charge in [-0.2, -0.15) is 4.72 Å². The summed E-state index contributed by atoms with van der Waals surface area (Å²) in [6.07, 6.45) is 0. The van der Waals surface area contributed by atoms with E-state index in [0.717, 1.165) is 11.1 Å². The Morgan fingerprint density at radius 1 is 1.12 bits per heavy atom. The van der Waals surface area contributed by atoms with Gasteiger partial charge in [0.15, 0.2) is 0 Å². The predicted molar refractivity (Wildman–Crippen MR) is 102 cm³/mol. The molecule has 0 saturated heterocycles. The van der Waals surface area contributed by atoms with E-state index in [1.807, 2.05) is 39.0 Å². The van der Waals surface area contributed by atoms with E-state index in [1.165, 1.54) is 19.1 Å². The monoisotopic (exact) mass is 376 g/mol. The highest BCUT2D eigenvalue weighted by Crippen LogP contribution is 2.18. The summed E-state index contributed by atoms with van der Waals surface area (Å²) in [5.74, 6) is 0.167. The molecule has 1 amide bonds. The zero-order chi connectivity index (χ0) is 19.3. The normalized spacial score (nSPS) is 12.5. The van der Waals surface area contributed by atoms with Gasteiger partial charge >= 0.3 is 0 Å². The van der Waals surface area contributed by atoms with Crippen molar-refractivity contribution in [2.45, 2.75) is 38.6 Å². The highest BCUT2D eigenvalue weighted by molar-refractivity contribution is 7.89. The molecule has 0 heterocycles. The Hall–Kier alpha value is -2.38. The second-order valence-corrected chi connectivity index (χ2v) is 7.77. The van der Waals surface area contributed by atoms with Crippen molar-refractivity contribution < 1.29 is 17.9 Å². The zero-order valence-corrected chi connectivity index (χ0v) is 16.2. The molecule has 2 aromatic rings. The Labute approximate surface area is 154 Å². The van der Waals surface area contributed by atoms with Crippen molar-refractivity contribution >= 4 is 21.6 Å². The summed E-state index contributed by atoms with van der Waals surface area (Å²) in [6.45, 7) is 7.66. The minimum atomic E-state index is -3.81. The Morgan fingerprint density at radius 2 is 1.77 bits per heavy atom. The Morgan fingerprint density at radius 3 is 2.38 bits per heavy atom. The van der Waals surface area contributed by atoms with Crippen LogP contribution in [0.5, 0.6) is 5.75 Å². The van der Waals surface area contributed by atoms with Crippen LogP contribution in [-0.4, -0.2) is 27.0 Å². The molecule has 0 fully saturated rings. The van der Waals surface area contributed by atoms with E-state index < -0.39 is 22.0 Å². The third kappa shape index (κ3) is 5.06. The van der Waals surface area contributed by atoms with Crippen molar-refractivity contribution in [1.82, 2.24) is 4.72 Å². The fraction of sp³-hybridized carbons (Fsp3) is 0.316. The van der Waals surface area contributed by atoms with E-state index in [1.54, 1.807) is 12.1 Å². The molecule has 6 nitrogen and oxygen atoms in total. The van der Waals surface area contributed by atoms with E-state index in [9.17, 15) is 13.2 Å². The number of hydrogen-bond acceptors (Lipinski definition) is 4. The van der Waals surface area contributed by atoms with Crippen LogP contribution in [0.25, 0.3) is 0 Å². The van der Waals surface area contributed by atoms with Crippen LogP contribution in [0.3, 0.4) is 0 Å². The lowest BCUT2D eigenvalue weighted by molar-refractivity contribution is -0.117. The molecule has 1 atom stereocenters. The first kappa shape index (κ1) is 19.9. The van der Waals surface area contributed by atoms with Gasteiger partial charge in [0.25, 0.3) is 0 Å². The maximum Gasteiger partial charge on any atom is 0.242 e. The van der Waals surface area contributed by atoms with Gasteiger partial charge < -0.3 is 10.1 Å². The zero-order valence-electron chi connectivity index (χ0n) is 15.4. The fourth-order valence-electron chi connectivity index (χ4n) is 2.35. The van der Waals surface area contributed by atoms with E-state index in [-0.39, 0.29) is 4.90 Å². The number of hydrogen-bond donors (Lipinski definition) is 2. The number of benzene rings is 2. The fourth-order valence-corrected chi connectivity index (χ4v) is 3.55. The van der Waals surface area contributed by atoms with Gasteiger partial charge in [0.05, 0.1) is 17.5 Å². The second-order valence-electron chi connectivity index (χ2n) is 6.06. The highest BCUT2D eigenvalue weighted by Gasteiger charge is 2.22. The third-order valence-electron chi connectivity index (χ3n) is 3.82. The quantitative estimate of drug-likeness (QED) is 0.778. The number of carbonyl (C=O) groups excluding carboxylic acids is 1. The number of ether oxygens (including phenoxy) is 1. The summed E-state index contributed by atoms with van der Waals surface area (Å²) < 4.78 is 32.6. The maximum absolute atomic E-state index is 12.5. The number of rotatable bonds is 7. The summed E-state index contributed by atoms with van der Waals surface area (Å²) >= 11 is 0. The first-order chi connectivity index (χ1) is 12.2. The summed E-state index contributed by atoms with van der Waals surface area (Å²) in [6, 6.07) is 10.8. The predicted octanol–water partition coefficient (Wildman–Crippen LogP) is 3.01. The van der Waals surface area contributed by atoms with Crippen LogP contribution >= 0.6 is 0 Å². The van der Waals surface area contributed by atoms with Gasteiger partial charge in [-0.05, 0) is 69.2 Å². The third-order valence-corrected chi connectivity index (χ3v) is 5.38. The number of carbonyl (C=O) groups is 1. The van der Waals surface area contributed by atoms with E-state index in [4.69, 9.17) is 4.74 Å². The van der Waals surface area contributed by atoms with Gasteiger partial charge in [-0.3, -0.25) is 4.79 Å². The Bertz CT molecular complexity index is 877. The lowest BCUT2D eigenvalue weighted by Gasteiger charge is -2.16. The molecule has 26 heavy (non-hydrogen) atoms. The van der Waals surface area contributed by atoms with Gasteiger partial charge in [-0.15, -0.1) is 0 Å². The Kier molecular flexibility index (Phi) is 6.39. The van der Waals surface area contributed by atoms with Crippen LogP contribution in [-0.2, 0) is 14.8 Å². The molecular formula is C19H24N2O4S. The van der Waals surface area contributed by atoms with Crippen molar-refractivity contribution in [3.63, 3.8) is 0 Å². The van der Waals surface area contributed by atoms with Crippen molar-refractivity contribution in [3.05, 3.63) is 53.6 Å². The highest BCUT2D eigenvalue weighted by atomic mass is 32.2. The van der Waals surface area contributed by atoms with E-state index in [0.29, 0.717) is 18.0 Å². The lowest BCUT2D eigenvalue weighted by atomic mass is 10.1. The van der Waals surface area contributed by atoms with Gasteiger partial charge in [-0.1, -0.05) is 12.1 Å². The van der Waals surface area contributed by atoms with Crippen LogP contribution in [0.4, 0.5) is 5.69 Å². The standard InChI is InChI=1S/C19H24N2O4S/c1-5-25-16-8-10-17(11-9-16)26(23,24)21-15(4)19(22)20-18-12-13(2)6-7-14(18)3/h6-12,15,21H,5H2,1-4H3,(H,20,22)/t15-/m0/s1. The van der Waals surface area contributed by atoms with Crippen molar-refractivity contribution in [1.29, 1.82) is 0 Å². The molecule has 0 aliphatic carbocycles. The molecule has 0 radical (unpaired) electrons.